The normalized spacial score (nSPS) is 13.9. The van der Waals surface area contributed by atoms with Gasteiger partial charge >= 0.3 is 0 Å². The van der Waals surface area contributed by atoms with Gasteiger partial charge in [0.05, 0.1) is 10.4 Å². The molecule has 0 bridgehead atoms. The summed E-state index contributed by atoms with van der Waals surface area (Å²) in [5.41, 5.74) is 17.1. The topological polar surface area (TPSA) is 146 Å². The maximum absolute atomic E-state index is 12.5. The van der Waals surface area contributed by atoms with Gasteiger partial charge in [0.25, 0.3) is 5.91 Å². The van der Waals surface area contributed by atoms with Gasteiger partial charge in [-0.2, -0.15) is 9.50 Å². The second-order valence-electron chi connectivity index (χ2n) is 8.88. The predicted molar refractivity (Wildman–Crippen MR) is 135 cm³/mol. The van der Waals surface area contributed by atoms with Gasteiger partial charge in [0.2, 0.25) is 11.8 Å². The fraction of sp³-hybridized carbons (Fsp3) is 0.250. The molecule has 0 atom stereocenters. The van der Waals surface area contributed by atoms with Crippen molar-refractivity contribution >= 4 is 40.1 Å². The highest BCUT2D eigenvalue weighted by Gasteiger charge is 2.27. The SMILES string of the molecule is Cc1cnc2c(c1)CN(CCn1c(C(N)=O)c(Cl)c3c1nc(N)n1nc(-c4ccccn4)nc31)CC2. The number of hydrogen-bond donors (Lipinski definition) is 2. The molecule has 0 unspecified atom stereocenters. The molecule has 4 N–H and O–H groups in total. The Labute approximate surface area is 210 Å². The van der Waals surface area contributed by atoms with Crippen molar-refractivity contribution in [3.63, 3.8) is 0 Å². The lowest BCUT2D eigenvalue weighted by atomic mass is 10.0. The van der Waals surface area contributed by atoms with Crippen molar-refractivity contribution in [2.24, 2.45) is 5.73 Å². The van der Waals surface area contributed by atoms with E-state index in [0.717, 1.165) is 30.8 Å². The average Bonchev–Trinajstić information content (AvgIpc) is 3.43. The van der Waals surface area contributed by atoms with Gasteiger partial charge in [-0.05, 0) is 30.2 Å². The summed E-state index contributed by atoms with van der Waals surface area (Å²) >= 11 is 6.73. The van der Waals surface area contributed by atoms with Crippen molar-refractivity contribution in [3.8, 4) is 11.5 Å². The van der Waals surface area contributed by atoms with Gasteiger partial charge in [-0.1, -0.05) is 23.7 Å². The van der Waals surface area contributed by atoms with E-state index in [1.165, 1.54) is 10.1 Å². The van der Waals surface area contributed by atoms with Crippen molar-refractivity contribution in [3.05, 3.63) is 64.2 Å². The van der Waals surface area contributed by atoms with Crippen LogP contribution in [0.3, 0.4) is 0 Å². The first kappa shape index (κ1) is 22.4. The number of carbonyl (C=O) groups is 1. The monoisotopic (exact) mass is 502 g/mol. The van der Waals surface area contributed by atoms with Gasteiger partial charge in [-0.15, -0.1) is 5.10 Å². The van der Waals surface area contributed by atoms with Crippen LogP contribution in [0.15, 0.2) is 36.7 Å². The number of nitrogens with zero attached hydrogens (tertiary/aromatic N) is 8. The van der Waals surface area contributed by atoms with Crippen LogP contribution >= 0.6 is 11.6 Å². The smallest absolute Gasteiger partial charge is 0.266 e. The molecule has 1 amide bonds. The molecule has 0 saturated carbocycles. The molecule has 182 valence electrons. The van der Waals surface area contributed by atoms with E-state index in [4.69, 9.17) is 23.1 Å². The van der Waals surface area contributed by atoms with Gasteiger partial charge in [0.1, 0.15) is 17.0 Å². The summed E-state index contributed by atoms with van der Waals surface area (Å²) in [5.74, 6) is -0.160. The van der Waals surface area contributed by atoms with E-state index in [2.05, 4.69) is 36.0 Å². The molecule has 0 aliphatic carbocycles. The van der Waals surface area contributed by atoms with Crippen LogP contribution in [0.4, 0.5) is 5.95 Å². The molecule has 11 nitrogen and oxygen atoms in total. The zero-order chi connectivity index (χ0) is 25.0. The third-order valence-corrected chi connectivity index (χ3v) is 6.84. The lowest BCUT2D eigenvalue weighted by Gasteiger charge is -2.28. The Morgan fingerprint density at radius 3 is 2.81 bits per heavy atom. The highest BCUT2D eigenvalue weighted by atomic mass is 35.5. The molecule has 1 aliphatic rings. The molecular formula is C24H23ClN10O. The van der Waals surface area contributed by atoms with Crippen LogP contribution in [0.25, 0.3) is 28.2 Å². The average molecular weight is 503 g/mol. The summed E-state index contributed by atoms with van der Waals surface area (Å²) in [4.78, 5) is 32.9. The number of pyridine rings is 2. The highest BCUT2D eigenvalue weighted by Crippen LogP contribution is 2.34. The number of carbonyl (C=O) groups excluding carboxylic acids is 1. The number of amides is 1. The van der Waals surface area contributed by atoms with Crippen molar-refractivity contribution in [1.82, 2.24) is 39.0 Å². The third-order valence-electron chi connectivity index (χ3n) is 6.47. The Morgan fingerprint density at radius 2 is 2.03 bits per heavy atom. The molecule has 5 aromatic rings. The molecular weight excluding hydrogens is 480 g/mol. The van der Waals surface area contributed by atoms with Gasteiger partial charge in [-0.25, -0.2) is 4.98 Å². The summed E-state index contributed by atoms with van der Waals surface area (Å²) in [6, 6.07) is 7.62. The molecule has 6 rings (SSSR count). The summed E-state index contributed by atoms with van der Waals surface area (Å²) in [7, 11) is 0. The number of nitrogens with two attached hydrogens (primary N) is 2. The number of primary amides is 1. The Balaban J connectivity index is 1.41. The number of nitrogen functional groups attached to an aromatic ring is 1. The van der Waals surface area contributed by atoms with E-state index in [1.54, 1.807) is 16.8 Å². The van der Waals surface area contributed by atoms with E-state index in [-0.39, 0.29) is 16.7 Å². The minimum Gasteiger partial charge on any atom is -0.368 e. The number of anilines is 1. The molecule has 6 heterocycles. The second kappa shape index (κ2) is 8.54. The summed E-state index contributed by atoms with van der Waals surface area (Å²) in [5, 5.41) is 5.11. The lowest BCUT2D eigenvalue weighted by molar-refractivity contribution is 0.0991. The summed E-state index contributed by atoms with van der Waals surface area (Å²) < 4.78 is 3.14. The number of aryl methyl sites for hydroxylation is 1. The summed E-state index contributed by atoms with van der Waals surface area (Å²) in [6.07, 6.45) is 4.43. The molecule has 0 saturated heterocycles. The van der Waals surface area contributed by atoms with E-state index in [1.807, 2.05) is 25.3 Å². The minimum absolute atomic E-state index is 0.118. The quantitative estimate of drug-likeness (QED) is 0.372. The Morgan fingerprint density at radius 1 is 1.17 bits per heavy atom. The minimum atomic E-state index is -0.650. The number of hydrogen-bond acceptors (Lipinski definition) is 8. The maximum Gasteiger partial charge on any atom is 0.266 e. The molecule has 0 aromatic carbocycles. The largest absolute Gasteiger partial charge is 0.368 e. The first-order valence-electron chi connectivity index (χ1n) is 11.5. The zero-order valence-electron chi connectivity index (χ0n) is 19.5. The van der Waals surface area contributed by atoms with Crippen molar-refractivity contribution in [2.75, 3.05) is 18.8 Å². The second-order valence-corrected chi connectivity index (χ2v) is 9.26. The van der Waals surface area contributed by atoms with Crippen LogP contribution in [0.2, 0.25) is 5.02 Å². The predicted octanol–water partition coefficient (Wildman–Crippen LogP) is 2.24. The molecule has 1 aliphatic heterocycles. The molecule has 12 heteroatoms. The van der Waals surface area contributed by atoms with Gasteiger partial charge in [-0.3, -0.25) is 19.7 Å². The van der Waals surface area contributed by atoms with Crippen LogP contribution in [-0.4, -0.2) is 58.0 Å². The fourth-order valence-electron chi connectivity index (χ4n) is 4.78. The molecule has 0 fully saturated rings. The lowest BCUT2D eigenvalue weighted by Crippen LogP contribution is -2.34. The molecule has 0 radical (unpaired) electrons. The van der Waals surface area contributed by atoms with Crippen LogP contribution < -0.4 is 11.5 Å². The molecule has 36 heavy (non-hydrogen) atoms. The molecule has 0 spiro atoms. The van der Waals surface area contributed by atoms with E-state index >= 15 is 0 Å². The Hall–Kier alpha value is -4.09. The van der Waals surface area contributed by atoms with Crippen molar-refractivity contribution in [1.29, 1.82) is 0 Å². The standard InChI is InChI=1S/C24H23ClN10O/c1-13-10-14-12-33(7-5-15(14)29-11-13)8-9-34-19(20(26)36)18(25)17-22(34)31-24(27)35-23(17)30-21(32-35)16-4-2-3-6-28-16/h2-4,6,10-11H,5,7-9,12H2,1H3,(H2,26,36)(H2,27,31). The first-order chi connectivity index (χ1) is 17.4. The highest BCUT2D eigenvalue weighted by molar-refractivity contribution is 6.40. The maximum atomic E-state index is 12.5. The zero-order valence-corrected chi connectivity index (χ0v) is 20.3. The third kappa shape index (κ3) is 3.64. The van der Waals surface area contributed by atoms with Crippen LogP contribution in [0, 0.1) is 6.92 Å². The van der Waals surface area contributed by atoms with Crippen LogP contribution in [0.5, 0.6) is 0 Å². The molecule has 5 aromatic heterocycles. The van der Waals surface area contributed by atoms with Crippen LogP contribution in [-0.2, 0) is 19.5 Å². The number of aromatic nitrogens is 7. The Kier molecular flexibility index (Phi) is 5.31. The first-order valence-corrected chi connectivity index (χ1v) is 11.9. The summed E-state index contributed by atoms with van der Waals surface area (Å²) in [6.45, 7) is 4.78. The number of halogens is 1. The van der Waals surface area contributed by atoms with E-state index in [9.17, 15) is 4.79 Å². The van der Waals surface area contributed by atoms with Gasteiger partial charge in [0, 0.05) is 50.7 Å². The van der Waals surface area contributed by atoms with Gasteiger partial charge in [0.15, 0.2) is 5.65 Å². The fourth-order valence-corrected chi connectivity index (χ4v) is 5.14. The van der Waals surface area contributed by atoms with Crippen molar-refractivity contribution < 1.29 is 4.79 Å². The van der Waals surface area contributed by atoms with Crippen molar-refractivity contribution in [2.45, 2.75) is 26.4 Å². The Bertz CT molecular complexity index is 1640. The van der Waals surface area contributed by atoms with E-state index < -0.39 is 5.91 Å². The number of fused-ring (bicyclic) bond motifs is 4. The van der Waals surface area contributed by atoms with Crippen LogP contribution in [0.1, 0.15) is 27.3 Å². The number of rotatable bonds is 5. The van der Waals surface area contributed by atoms with E-state index in [0.29, 0.717) is 41.3 Å². The van der Waals surface area contributed by atoms with Gasteiger partial charge < -0.3 is 16.0 Å².